The predicted octanol–water partition coefficient (Wildman–Crippen LogP) is 2.91. The number of hydrogen-bond acceptors (Lipinski definition) is 8. The Morgan fingerprint density at radius 1 is 1.22 bits per heavy atom. The van der Waals surface area contributed by atoms with Crippen LogP contribution in [0.4, 0.5) is 5.95 Å². The molecule has 8 nitrogen and oxygen atoms in total. The van der Waals surface area contributed by atoms with Crippen molar-refractivity contribution in [2.24, 2.45) is 0 Å². The fourth-order valence-electron chi connectivity index (χ4n) is 4.15. The van der Waals surface area contributed by atoms with E-state index in [1.54, 1.807) is 24.2 Å². The highest BCUT2D eigenvalue weighted by molar-refractivity contribution is 7.13. The van der Waals surface area contributed by atoms with Crippen molar-refractivity contribution in [3.05, 3.63) is 47.5 Å². The van der Waals surface area contributed by atoms with Crippen molar-refractivity contribution in [2.45, 2.75) is 30.9 Å². The largest absolute Gasteiger partial charge is 0.381 e. The summed E-state index contributed by atoms with van der Waals surface area (Å²) in [5.41, 5.74) is 1.51. The Morgan fingerprint density at radius 3 is 2.84 bits per heavy atom. The van der Waals surface area contributed by atoms with Crippen molar-refractivity contribution in [3.8, 4) is 22.0 Å². The van der Waals surface area contributed by atoms with Gasteiger partial charge in [0.05, 0.1) is 5.69 Å². The first-order chi connectivity index (χ1) is 15.5. The zero-order valence-electron chi connectivity index (χ0n) is 17.8. The molecule has 2 aromatic heterocycles. The summed E-state index contributed by atoms with van der Waals surface area (Å²) in [7, 11) is 1.71. The summed E-state index contributed by atoms with van der Waals surface area (Å²) in [5, 5.41) is 17.1. The summed E-state index contributed by atoms with van der Waals surface area (Å²) in [4.78, 5) is 27.8. The lowest BCUT2D eigenvalue weighted by Gasteiger charge is -2.23. The third-order valence-corrected chi connectivity index (χ3v) is 6.96. The minimum Gasteiger partial charge on any atom is -0.381 e. The van der Waals surface area contributed by atoms with Crippen molar-refractivity contribution < 1.29 is 14.6 Å². The van der Waals surface area contributed by atoms with Gasteiger partial charge in [0.25, 0.3) is 5.91 Å². The van der Waals surface area contributed by atoms with Crippen molar-refractivity contribution >= 4 is 23.2 Å². The number of anilines is 1. The number of aromatic nitrogens is 3. The van der Waals surface area contributed by atoms with Gasteiger partial charge in [-0.15, -0.1) is 11.3 Å². The number of aliphatic hydroxyl groups is 1. The van der Waals surface area contributed by atoms with Gasteiger partial charge in [-0.2, -0.15) is 0 Å². The Kier molecular flexibility index (Phi) is 5.62. The van der Waals surface area contributed by atoms with Crippen LogP contribution in [0.1, 0.15) is 24.8 Å². The summed E-state index contributed by atoms with van der Waals surface area (Å²) in [5.74, 6) is 0.331. The highest BCUT2D eigenvalue weighted by Crippen LogP contribution is 2.36. The van der Waals surface area contributed by atoms with Gasteiger partial charge >= 0.3 is 0 Å². The Balaban J connectivity index is 1.38. The van der Waals surface area contributed by atoms with Crippen molar-refractivity contribution in [1.82, 2.24) is 19.9 Å². The number of nitrogens with zero attached hydrogens (tertiary/aromatic N) is 4. The first-order valence-corrected chi connectivity index (χ1v) is 11.6. The van der Waals surface area contributed by atoms with Gasteiger partial charge in [-0.05, 0) is 30.5 Å². The van der Waals surface area contributed by atoms with Crippen molar-refractivity contribution in [3.63, 3.8) is 0 Å². The van der Waals surface area contributed by atoms with Gasteiger partial charge in [0.2, 0.25) is 5.95 Å². The van der Waals surface area contributed by atoms with E-state index >= 15 is 0 Å². The number of likely N-dealkylation sites (tertiary alicyclic amines) is 1. The highest BCUT2D eigenvalue weighted by atomic mass is 32.1. The fraction of sp³-hybridized carbons (Fsp3) is 0.391. The lowest BCUT2D eigenvalue weighted by atomic mass is 9.91. The van der Waals surface area contributed by atoms with E-state index < -0.39 is 5.60 Å². The number of ether oxygens (including phenoxy) is 1. The number of carbonyl (C=O) groups excluding carboxylic acids is 1. The second kappa shape index (κ2) is 8.57. The number of benzene rings is 1. The fourth-order valence-corrected chi connectivity index (χ4v) is 4.96. The second-order valence-corrected chi connectivity index (χ2v) is 9.11. The normalized spacial score (nSPS) is 21.8. The number of rotatable bonds is 5. The molecule has 2 aliphatic rings. The third kappa shape index (κ3) is 3.99. The lowest BCUT2D eigenvalue weighted by molar-refractivity contribution is -0.143. The van der Waals surface area contributed by atoms with Gasteiger partial charge in [-0.3, -0.25) is 4.79 Å². The molecule has 166 valence electrons. The predicted molar refractivity (Wildman–Crippen MR) is 122 cm³/mol. The van der Waals surface area contributed by atoms with Gasteiger partial charge in [-0.1, -0.05) is 18.2 Å². The molecular formula is C23H25N5O3S. The molecule has 1 amide bonds. The maximum atomic E-state index is 12.5. The van der Waals surface area contributed by atoms with Crippen LogP contribution >= 0.6 is 11.3 Å². The van der Waals surface area contributed by atoms with Crippen LogP contribution < -0.4 is 5.32 Å². The molecule has 0 unspecified atom stereocenters. The Labute approximate surface area is 190 Å². The summed E-state index contributed by atoms with van der Waals surface area (Å²) in [6.07, 6.45) is 4.00. The molecule has 0 radical (unpaired) electrons. The summed E-state index contributed by atoms with van der Waals surface area (Å²) in [6.45, 7) is 2.05. The third-order valence-electron chi connectivity index (χ3n) is 6.07. The first kappa shape index (κ1) is 21.0. The number of amides is 1. The second-order valence-electron chi connectivity index (χ2n) is 8.25. The number of thiazole rings is 1. The van der Waals surface area contributed by atoms with Gasteiger partial charge in [0.15, 0.2) is 5.60 Å². The highest BCUT2D eigenvalue weighted by Gasteiger charge is 2.45. The molecule has 5 rings (SSSR count). The monoisotopic (exact) mass is 451 g/mol. The van der Waals surface area contributed by atoms with Gasteiger partial charge in [-0.25, -0.2) is 15.0 Å². The number of hydrogen-bond donors (Lipinski definition) is 2. The molecular weight excluding hydrogens is 426 g/mol. The van der Waals surface area contributed by atoms with E-state index in [1.165, 1.54) is 11.3 Å². The molecule has 2 aliphatic heterocycles. The minimum atomic E-state index is -1.47. The van der Waals surface area contributed by atoms with E-state index in [2.05, 4.69) is 15.3 Å². The van der Waals surface area contributed by atoms with E-state index in [-0.39, 0.29) is 5.91 Å². The molecule has 3 aromatic rings. The number of nitrogens with one attached hydrogen (secondary N) is 1. The van der Waals surface area contributed by atoms with E-state index in [4.69, 9.17) is 9.72 Å². The lowest BCUT2D eigenvalue weighted by Crippen LogP contribution is -2.36. The SMILES string of the molecule is CN1CC[C@@](O)(c2cccc(-c3nc(-c4ccnc(NC5CCOCC5)n4)cs3)c2)C1=O. The smallest absolute Gasteiger partial charge is 0.258 e. The van der Waals surface area contributed by atoms with Crippen molar-refractivity contribution in [2.75, 3.05) is 32.1 Å². The van der Waals surface area contributed by atoms with Gasteiger partial charge in [0, 0.05) is 56.4 Å². The van der Waals surface area contributed by atoms with Crippen LogP contribution in [0.5, 0.6) is 0 Å². The maximum Gasteiger partial charge on any atom is 0.258 e. The van der Waals surface area contributed by atoms with E-state index in [0.717, 1.165) is 48.0 Å². The molecule has 2 saturated heterocycles. The summed E-state index contributed by atoms with van der Waals surface area (Å²) < 4.78 is 5.41. The van der Waals surface area contributed by atoms with Crippen LogP contribution in [-0.2, 0) is 15.1 Å². The van der Waals surface area contributed by atoms with Crippen LogP contribution in [0.25, 0.3) is 22.0 Å². The van der Waals surface area contributed by atoms with Crippen molar-refractivity contribution in [1.29, 1.82) is 0 Å². The average molecular weight is 452 g/mol. The minimum absolute atomic E-state index is 0.264. The van der Waals surface area contributed by atoms with Crippen LogP contribution in [0, 0.1) is 0 Å². The van der Waals surface area contributed by atoms with Crippen LogP contribution in [0.2, 0.25) is 0 Å². The Morgan fingerprint density at radius 2 is 2.06 bits per heavy atom. The molecule has 2 fully saturated rings. The standard InChI is InChI=1S/C23H25N5O3S/c1-28-10-8-23(30,21(28)29)16-4-2-3-15(13-16)20-26-19(14-32-20)18-5-9-24-22(27-18)25-17-6-11-31-12-7-17/h2-5,9,13-14,17,30H,6-8,10-12H2,1H3,(H,24,25,27)/t23-/m1/s1. The van der Waals surface area contributed by atoms with E-state index in [0.29, 0.717) is 30.5 Å². The number of likely N-dealkylation sites (N-methyl/N-ethyl adjacent to an activating group) is 1. The molecule has 1 atom stereocenters. The molecule has 32 heavy (non-hydrogen) atoms. The zero-order chi connectivity index (χ0) is 22.1. The Hall–Kier alpha value is -2.88. The van der Waals surface area contributed by atoms with Crippen LogP contribution in [-0.4, -0.2) is 63.7 Å². The molecule has 0 saturated carbocycles. The molecule has 0 aliphatic carbocycles. The summed E-state index contributed by atoms with van der Waals surface area (Å²) in [6, 6.07) is 9.62. The molecule has 2 N–H and O–H groups in total. The molecule has 0 bridgehead atoms. The molecule has 0 spiro atoms. The molecule has 9 heteroatoms. The zero-order valence-corrected chi connectivity index (χ0v) is 18.6. The topological polar surface area (TPSA) is 100 Å². The van der Waals surface area contributed by atoms with Gasteiger partial charge in [0.1, 0.15) is 10.7 Å². The quantitative estimate of drug-likeness (QED) is 0.615. The molecule has 4 heterocycles. The maximum absolute atomic E-state index is 12.5. The first-order valence-electron chi connectivity index (χ1n) is 10.7. The Bertz CT molecular complexity index is 1130. The van der Waals surface area contributed by atoms with Crippen LogP contribution in [0.3, 0.4) is 0 Å². The van der Waals surface area contributed by atoms with E-state index in [9.17, 15) is 9.90 Å². The van der Waals surface area contributed by atoms with E-state index in [1.807, 2.05) is 29.6 Å². The van der Waals surface area contributed by atoms with Gasteiger partial charge < -0.3 is 20.1 Å². The van der Waals surface area contributed by atoms with Crippen LogP contribution in [0.15, 0.2) is 41.9 Å². The molecule has 1 aromatic carbocycles. The number of carbonyl (C=O) groups is 1. The average Bonchev–Trinajstić information content (AvgIpc) is 3.42. The summed E-state index contributed by atoms with van der Waals surface area (Å²) >= 11 is 1.51.